The van der Waals surface area contributed by atoms with Crippen LogP contribution in [0.15, 0.2) is 16.8 Å². The summed E-state index contributed by atoms with van der Waals surface area (Å²) in [5.74, 6) is 1.21. The molecule has 0 aromatic carbocycles. The average Bonchev–Trinajstić information content (AvgIpc) is 3.17. The quantitative estimate of drug-likeness (QED) is 0.860. The molecular weight excluding hydrogens is 256 g/mol. The topological polar surface area (TPSA) is 85.0 Å². The third-order valence-corrected chi connectivity index (χ3v) is 4.07. The molecule has 2 bridgehead atoms. The van der Waals surface area contributed by atoms with Gasteiger partial charge in [0, 0.05) is 38.9 Å². The number of aromatic amines is 1. The van der Waals surface area contributed by atoms with E-state index in [1.807, 2.05) is 6.07 Å². The van der Waals surface area contributed by atoms with Crippen molar-refractivity contribution in [1.29, 1.82) is 5.26 Å². The Bertz CT molecular complexity index is 660. The lowest BCUT2D eigenvalue weighted by Crippen LogP contribution is -2.57. The van der Waals surface area contributed by atoms with Crippen molar-refractivity contribution in [2.45, 2.75) is 6.04 Å². The lowest BCUT2D eigenvalue weighted by atomic mass is 10.1. The van der Waals surface area contributed by atoms with Gasteiger partial charge in [-0.25, -0.2) is 0 Å². The van der Waals surface area contributed by atoms with Crippen LogP contribution in [0.2, 0.25) is 0 Å². The van der Waals surface area contributed by atoms with Crippen LogP contribution >= 0.6 is 0 Å². The highest BCUT2D eigenvalue weighted by Crippen LogP contribution is 2.28. The van der Waals surface area contributed by atoms with Crippen molar-refractivity contribution in [2.24, 2.45) is 0 Å². The molecule has 2 aromatic rings. The fourth-order valence-corrected chi connectivity index (χ4v) is 2.93. The number of piperazine rings is 3. The van der Waals surface area contributed by atoms with Crippen molar-refractivity contribution < 1.29 is 4.52 Å². The zero-order valence-electron chi connectivity index (χ0n) is 10.9. The summed E-state index contributed by atoms with van der Waals surface area (Å²) in [7, 11) is 0. The number of aromatic nitrogens is 3. The Balaban J connectivity index is 1.60. The van der Waals surface area contributed by atoms with Crippen LogP contribution in [0.4, 0.5) is 0 Å². The van der Waals surface area contributed by atoms with E-state index in [1.165, 1.54) is 0 Å². The van der Waals surface area contributed by atoms with Crippen LogP contribution in [0, 0.1) is 11.3 Å². The van der Waals surface area contributed by atoms with Crippen LogP contribution in [-0.4, -0.2) is 57.6 Å². The third-order valence-electron chi connectivity index (χ3n) is 4.07. The van der Waals surface area contributed by atoms with Gasteiger partial charge in [0.2, 0.25) is 0 Å². The lowest BCUT2D eigenvalue weighted by molar-refractivity contribution is 0.00781. The monoisotopic (exact) mass is 270 g/mol. The van der Waals surface area contributed by atoms with Gasteiger partial charge in [0.15, 0.2) is 5.82 Å². The maximum atomic E-state index is 8.82. The van der Waals surface area contributed by atoms with Crippen molar-refractivity contribution in [2.75, 3.05) is 32.7 Å². The van der Waals surface area contributed by atoms with Crippen molar-refractivity contribution in [3.63, 3.8) is 0 Å². The van der Waals surface area contributed by atoms with Crippen LogP contribution < -0.4 is 0 Å². The predicted octanol–water partition coefficient (Wildman–Crippen LogP) is 0.609. The van der Waals surface area contributed by atoms with Gasteiger partial charge < -0.3 is 9.51 Å². The molecule has 2 aromatic heterocycles. The molecule has 5 heterocycles. The molecule has 102 valence electrons. The predicted molar refractivity (Wildman–Crippen MR) is 69.6 cm³/mol. The largest absolute Gasteiger partial charge is 0.352 e. The van der Waals surface area contributed by atoms with Crippen molar-refractivity contribution in [1.82, 2.24) is 24.9 Å². The van der Waals surface area contributed by atoms with Crippen molar-refractivity contribution in [3.8, 4) is 17.5 Å². The molecule has 3 saturated heterocycles. The summed E-state index contributed by atoms with van der Waals surface area (Å²) >= 11 is 0. The number of rotatable bonds is 2. The molecular formula is C13H14N6O. The molecule has 1 unspecified atom stereocenters. The fourth-order valence-electron chi connectivity index (χ4n) is 2.93. The molecule has 0 spiro atoms. The van der Waals surface area contributed by atoms with Crippen LogP contribution in [0.3, 0.4) is 0 Å². The first-order valence-electron chi connectivity index (χ1n) is 6.72. The van der Waals surface area contributed by atoms with Crippen LogP contribution in [-0.2, 0) is 0 Å². The minimum Gasteiger partial charge on any atom is -0.352 e. The number of nitrogens with one attached hydrogen (secondary N) is 1. The Kier molecular flexibility index (Phi) is 2.58. The molecule has 0 amide bonds. The summed E-state index contributed by atoms with van der Waals surface area (Å²) < 4.78 is 5.33. The zero-order chi connectivity index (χ0) is 13.5. The standard InChI is InChI=1S/C13H14N6O/c14-6-10-5-9(7-15-10)13-16-12(17-20-13)11-8-18-1-3-19(11)4-2-18/h5,7,11,15H,1-4,8H2. The number of nitriles is 1. The molecule has 1 N–H and O–H groups in total. The Morgan fingerprint density at radius 1 is 1.35 bits per heavy atom. The Labute approximate surface area is 115 Å². The highest BCUT2D eigenvalue weighted by Gasteiger charge is 2.35. The van der Waals surface area contributed by atoms with Gasteiger partial charge in [-0.15, -0.1) is 0 Å². The Morgan fingerprint density at radius 2 is 2.20 bits per heavy atom. The first kappa shape index (κ1) is 11.6. The molecule has 0 saturated carbocycles. The third kappa shape index (κ3) is 1.81. The lowest BCUT2D eigenvalue weighted by Gasteiger charge is -2.46. The van der Waals surface area contributed by atoms with Crippen LogP contribution in [0.5, 0.6) is 0 Å². The van der Waals surface area contributed by atoms with E-state index in [2.05, 4.69) is 24.9 Å². The number of hydrogen-bond acceptors (Lipinski definition) is 6. The maximum Gasteiger partial charge on any atom is 0.259 e. The van der Waals surface area contributed by atoms with Gasteiger partial charge in [-0.3, -0.25) is 9.80 Å². The number of fused-ring (bicyclic) bond motifs is 3. The molecule has 5 rings (SSSR count). The molecule has 0 radical (unpaired) electrons. The van der Waals surface area contributed by atoms with E-state index in [9.17, 15) is 0 Å². The molecule has 3 fully saturated rings. The molecule has 7 heteroatoms. The number of hydrogen-bond donors (Lipinski definition) is 1. The van der Waals surface area contributed by atoms with Crippen LogP contribution in [0.25, 0.3) is 11.5 Å². The summed E-state index contributed by atoms with van der Waals surface area (Å²) in [4.78, 5) is 12.2. The Hall–Kier alpha value is -2.17. The van der Waals surface area contributed by atoms with E-state index in [0.717, 1.165) is 44.1 Å². The zero-order valence-corrected chi connectivity index (χ0v) is 10.9. The highest BCUT2D eigenvalue weighted by atomic mass is 16.5. The normalized spacial score (nSPS) is 28.4. The number of H-pyrrole nitrogens is 1. The second kappa shape index (κ2) is 4.44. The van der Waals surface area contributed by atoms with E-state index in [4.69, 9.17) is 9.78 Å². The first-order chi connectivity index (χ1) is 9.83. The molecule has 7 nitrogen and oxygen atoms in total. The van der Waals surface area contributed by atoms with Gasteiger partial charge in [-0.05, 0) is 6.07 Å². The van der Waals surface area contributed by atoms with Crippen molar-refractivity contribution in [3.05, 3.63) is 23.8 Å². The van der Waals surface area contributed by atoms with Gasteiger partial charge in [-0.2, -0.15) is 10.2 Å². The van der Waals surface area contributed by atoms with Gasteiger partial charge in [-0.1, -0.05) is 5.16 Å². The molecule has 3 aliphatic rings. The maximum absolute atomic E-state index is 8.82. The fraction of sp³-hybridized carbons (Fsp3) is 0.462. The Morgan fingerprint density at radius 3 is 2.85 bits per heavy atom. The summed E-state index contributed by atoms with van der Waals surface area (Å²) in [6, 6.07) is 3.99. The van der Waals surface area contributed by atoms with Gasteiger partial charge in [0.25, 0.3) is 5.89 Å². The van der Waals surface area contributed by atoms with E-state index in [0.29, 0.717) is 11.6 Å². The minimum atomic E-state index is 0.226. The SMILES string of the molecule is N#Cc1cc(-c2nc(C3CN4CCN3CC4)no2)c[nH]1. The average molecular weight is 270 g/mol. The van der Waals surface area contributed by atoms with Gasteiger partial charge in [0.1, 0.15) is 11.8 Å². The van der Waals surface area contributed by atoms with E-state index in [1.54, 1.807) is 12.3 Å². The minimum absolute atomic E-state index is 0.226. The van der Waals surface area contributed by atoms with Gasteiger partial charge in [0.05, 0.1) is 11.6 Å². The highest BCUT2D eigenvalue weighted by molar-refractivity contribution is 5.54. The van der Waals surface area contributed by atoms with Crippen molar-refractivity contribution >= 4 is 0 Å². The van der Waals surface area contributed by atoms with E-state index >= 15 is 0 Å². The summed E-state index contributed by atoms with van der Waals surface area (Å²) in [6.45, 7) is 5.36. The number of nitrogens with zero attached hydrogens (tertiary/aromatic N) is 5. The summed E-state index contributed by atoms with van der Waals surface area (Å²) in [6.07, 6.45) is 1.71. The smallest absolute Gasteiger partial charge is 0.259 e. The van der Waals surface area contributed by atoms with Crippen LogP contribution in [0.1, 0.15) is 17.6 Å². The summed E-state index contributed by atoms with van der Waals surface area (Å²) in [5.41, 5.74) is 1.25. The molecule has 1 atom stereocenters. The first-order valence-corrected chi connectivity index (χ1v) is 6.72. The van der Waals surface area contributed by atoms with Gasteiger partial charge >= 0.3 is 0 Å². The van der Waals surface area contributed by atoms with E-state index < -0.39 is 0 Å². The second-order valence-corrected chi connectivity index (χ2v) is 5.22. The molecule has 3 aliphatic heterocycles. The molecule has 0 aliphatic carbocycles. The molecule has 20 heavy (non-hydrogen) atoms. The van der Waals surface area contributed by atoms with E-state index in [-0.39, 0.29) is 6.04 Å². The second-order valence-electron chi connectivity index (χ2n) is 5.22. The summed E-state index contributed by atoms with van der Waals surface area (Å²) in [5, 5.41) is 12.9.